The molecule has 1 aromatic carbocycles. The molecule has 10 heteroatoms. The molecule has 0 amide bonds. The van der Waals surface area contributed by atoms with E-state index in [-0.39, 0.29) is 34.7 Å². The van der Waals surface area contributed by atoms with Gasteiger partial charge in [-0.05, 0) is 32.0 Å². The van der Waals surface area contributed by atoms with E-state index in [2.05, 4.69) is 10.1 Å². The second-order valence-electron chi connectivity index (χ2n) is 8.90. The third-order valence-electron chi connectivity index (χ3n) is 6.00. The quantitative estimate of drug-likeness (QED) is 0.621. The number of ether oxygens (including phenoxy) is 2. The Morgan fingerprint density at radius 3 is 2.94 bits per heavy atom. The number of hydrogen-bond donors (Lipinski definition) is 2. The summed E-state index contributed by atoms with van der Waals surface area (Å²) in [5.41, 5.74) is 6.75. The monoisotopic (exact) mass is 441 g/mol. The zero-order chi connectivity index (χ0) is 22.6. The summed E-state index contributed by atoms with van der Waals surface area (Å²) in [6.45, 7) is 4.66. The molecule has 0 radical (unpaired) electrons. The highest BCUT2D eigenvalue weighted by Gasteiger charge is 2.39. The van der Waals surface area contributed by atoms with Crippen LogP contribution in [0, 0.1) is 5.82 Å². The molecule has 1 aliphatic heterocycles. The van der Waals surface area contributed by atoms with Crippen molar-refractivity contribution in [1.82, 2.24) is 14.6 Å². The fourth-order valence-corrected chi connectivity index (χ4v) is 4.30. The van der Waals surface area contributed by atoms with Crippen molar-refractivity contribution < 1.29 is 23.8 Å². The molecule has 2 aromatic heterocycles. The van der Waals surface area contributed by atoms with Gasteiger partial charge in [0.1, 0.15) is 29.8 Å². The molecule has 32 heavy (non-hydrogen) atoms. The Morgan fingerprint density at radius 1 is 1.44 bits per heavy atom. The van der Waals surface area contributed by atoms with Gasteiger partial charge in [-0.1, -0.05) is 0 Å². The van der Waals surface area contributed by atoms with Gasteiger partial charge in [-0.25, -0.2) is 18.7 Å². The average molecular weight is 441 g/mol. The van der Waals surface area contributed by atoms with E-state index in [4.69, 9.17) is 15.2 Å². The minimum absolute atomic E-state index is 0.00410. The summed E-state index contributed by atoms with van der Waals surface area (Å²) in [7, 11) is 0. The second-order valence-corrected chi connectivity index (χ2v) is 8.90. The molecule has 0 spiro atoms. The van der Waals surface area contributed by atoms with Gasteiger partial charge in [-0.15, -0.1) is 0 Å². The standard InChI is InChI=1S/C22H24FN5O4/c1-12-11-31-18-10-28-19(16(8-25-28)21(29)30)26-20(18)27(12)9-13-5-14(23)3-4-17(13)32-15-6-22(2,24)7-15/h3-5,8,10,12,15H,6-7,9,11,24H2,1-2H3,(H,29,30)/t12-,15-,22+/m1/s1. The van der Waals surface area contributed by atoms with Crippen LogP contribution >= 0.6 is 0 Å². The first-order valence-corrected chi connectivity index (χ1v) is 10.5. The molecule has 1 saturated carbocycles. The van der Waals surface area contributed by atoms with Crippen LogP contribution in [0.3, 0.4) is 0 Å². The van der Waals surface area contributed by atoms with E-state index in [0.717, 1.165) is 12.8 Å². The van der Waals surface area contributed by atoms with Crippen LogP contribution in [0.1, 0.15) is 42.6 Å². The SMILES string of the molecule is C[C@@H]1COc2cn3ncc(C(=O)O)c3nc2N1Cc1cc(F)ccc1O[C@H]1C[C@@](C)(N)C1. The first-order valence-electron chi connectivity index (χ1n) is 10.5. The summed E-state index contributed by atoms with van der Waals surface area (Å²) in [5, 5.41) is 13.5. The number of nitrogens with two attached hydrogens (primary N) is 1. The van der Waals surface area contributed by atoms with Gasteiger partial charge < -0.3 is 25.2 Å². The lowest BCUT2D eigenvalue weighted by molar-refractivity contribution is 0.0522. The summed E-state index contributed by atoms with van der Waals surface area (Å²) < 4.78 is 27.5. The van der Waals surface area contributed by atoms with Crippen LogP contribution in [0.5, 0.6) is 11.5 Å². The number of aromatic nitrogens is 3. The minimum Gasteiger partial charge on any atom is -0.490 e. The van der Waals surface area contributed by atoms with Gasteiger partial charge in [0.15, 0.2) is 17.2 Å². The van der Waals surface area contributed by atoms with Crippen molar-refractivity contribution in [1.29, 1.82) is 0 Å². The van der Waals surface area contributed by atoms with E-state index < -0.39 is 5.97 Å². The largest absolute Gasteiger partial charge is 0.490 e. The summed E-state index contributed by atoms with van der Waals surface area (Å²) in [6, 6.07) is 4.39. The van der Waals surface area contributed by atoms with Crippen LogP contribution in [0.4, 0.5) is 10.2 Å². The number of anilines is 1. The molecule has 1 atom stereocenters. The van der Waals surface area contributed by atoms with Gasteiger partial charge >= 0.3 is 5.97 Å². The van der Waals surface area contributed by atoms with Crippen LogP contribution in [0.2, 0.25) is 0 Å². The average Bonchev–Trinajstić information content (AvgIpc) is 3.12. The van der Waals surface area contributed by atoms with Crippen molar-refractivity contribution in [3.63, 3.8) is 0 Å². The Balaban J connectivity index is 1.50. The maximum absolute atomic E-state index is 14.1. The molecular weight excluding hydrogens is 417 g/mol. The first kappa shape index (κ1) is 20.5. The normalized spacial score (nSPS) is 24.6. The van der Waals surface area contributed by atoms with Crippen molar-refractivity contribution in [2.45, 2.75) is 50.9 Å². The predicted octanol–water partition coefficient (Wildman–Crippen LogP) is 2.61. The molecule has 1 fully saturated rings. The van der Waals surface area contributed by atoms with Crippen LogP contribution in [0.15, 0.2) is 30.6 Å². The fraction of sp³-hybridized carbons (Fsp3) is 0.409. The molecule has 0 bridgehead atoms. The number of nitrogens with zero attached hydrogens (tertiary/aromatic N) is 4. The van der Waals surface area contributed by atoms with E-state index in [1.807, 2.05) is 18.7 Å². The number of hydrogen-bond acceptors (Lipinski definition) is 7. The lowest BCUT2D eigenvalue weighted by atomic mass is 9.77. The van der Waals surface area contributed by atoms with E-state index in [1.54, 1.807) is 12.3 Å². The lowest BCUT2D eigenvalue weighted by Gasteiger charge is -2.42. The zero-order valence-electron chi connectivity index (χ0n) is 17.8. The van der Waals surface area contributed by atoms with E-state index in [1.165, 1.54) is 22.8 Å². The Bertz CT molecular complexity index is 1200. The van der Waals surface area contributed by atoms with Gasteiger partial charge in [0.2, 0.25) is 0 Å². The zero-order valence-corrected chi connectivity index (χ0v) is 17.8. The van der Waals surface area contributed by atoms with Crippen molar-refractivity contribution in [3.05, 3.63) is 47.5 Å². The molecule has 2 aliphatic rings. The van der Waals surface area contributed by atoms with E-state index in [9.17, 15) is 14.3 Å². The molecule has 3 heterocycles. The number of rotatable bonds is 5. The summed E-state index contributed by atoms with van der Waals surface area (Å²) in [6.07, 6.45) is 4.33. The number of carboxylic acid groups (broad SMARTS) is 1. The number of carbonyl (C=O) groups is 1. The van der Waals surface area contributed by atoms with Crippen molar-refractivity contribution >= 4 is 17.4 Å². The van der Waals surface area contributed by atoms with Gasteiger partial charge in [0.25, 0.3) is 0 Å². The molecular formula is C22H24FN5O4. The smallest absolute Gasteiger partial charge is 0.341 e. The van der Waals surface area contributed by atoms with Gasteiger partial charge in [0.05, 0.1) is 18.4 Å². The molecule has 3 N–H and O–H groups in total. The highest BCUT2D eigenvalue weighted by Crippen LogP contribution is 2.37. The third kappa shape index (κ3) is 3.60. The molecule has 0 saturated heterocycles. The molecule has 5 rings (SSSR count). The van der Waals surface area contributed by atoms with Crippen LogP contribution in [0.25, 0.3) is 5.65 Å². The number of carboxylic acids is 1. The minimum atomic E-state index is -1.11. The Kier molecular flexibility index (Phi) is 4.70. The predicted molar refractivity (Wildman–Crippen MR) is 114 cm³/mol. The maximum Gasteiger partial charge on any atom is 0.341 e. The second kappa shape index (κ2) is 7.33. The summed E-state index contributed by atoms with van der Waals surface area (Å²) in [4.78, 5) is 18.1. The van der Waals surface area contributed by atoms with E-state index >= 15 is 0 Å². The molecule has 1 aliphatic carbocycles. The summed E-state index contributed by atoms with van der Waals surface area (Å²) >= 11 is 0. The topological polar surface area (TPSA) is 115 Å². The number of aromatic carboxylic acids is 1. The molecule has 3 aromatic rings. The van der Waals surface area contributed by atoms with Gasteiger partial charge in [0, 0.05) is 30.5 Å². The Hall–Kier alpha value is -3.40. The molecule has 168 valence electrons. The molecule has 9 nitrogen and oxygen atoms in total. The highest BCUT2D eigenvalue weighted by molar-refractivity contribution is 5.94. The Labute approximate surface area is 183 Å². The van der Waals surface area contributed by atoms with Crippen molar-refractivity contribution in [2.75, 3.05) is 11.5 Å². The number of halogens is 1. The number of fused-ring (bicyclic) bond motifs is 2. The van der Waals surface area contributed by atoms with Crippen molar-refractivity contribution in [2.24, 2.45) is 5.73 Å². The maximum atomic E-state index is 14.1. The highest BCUT2D eigenvalue weighted by atomic mass is 19.1. The lowest BCUT2D eigenvalue weighted by Crippen LogP contribution is -2.54. The first-order chi connectivity index (χ1) is 15.2. The fourth-order valence-electron chi connectivity index (χ4n) is 4.30. The number of benzene rings is 1. The van der Waals surface area contributed by atoms with Crippen molar-refractivity contribution in [3.8, 4) is 11.5 Å². The van der Waals surface area contributed by atoms with Gasteiger partial charge in [-0.3, -0.25) is 0 Å². The van der Waals surface area contributed by atoms with E-state index in [0.29, 0.717) is 36.0 Å². The van der Waals surface area contributed by atoms with Crippen LogP contribution < -0.4 is 20.1 Å². The summed E-state index contributed by atoms with van der Waals surface area (Å²) in [5.74, 6) is 0.0824. The molecule has 0 unspecified atom stereocenters. The van der Waals surface area contributed by atoms with Crippen LogP contribution in [-0.2, 0) is 6.54 Å². The van der Waals surface area contributed by atoms with Crippen LogP contribution in [-0.4, -0.2) is 50.0 Å². The van der Waals surface area contributed by atoms with Gasteiger partial charge in [-0.2, -0.15) is 5.10 Å². The third-order valence-corrected chi connectivity index (χ3v) is 6.00. The Morgan fingerprint density at radius 2 is 2.22 bits per heavy atom.